The molecular formula is C16H31N3. The van der Waals surface area contributed by atoms with Crippen molar-refractivity contribution in [3.63, 3.8) is 0 Å². The van der Waals surface area contributed by atoms with Gasteiger partial charge in [0.1, 0.15) is 0 Å². The molecule has 0 aliphatic carbocycles. The van der Waals surface area contributed by atoms with Gasteiger partial charge in [-0.05, 0) is 51.1 Å². The molecule has 3 nitrogen and oxygen atoms in total. The zero-order valence-corrected chi connectivity index (χ0v) is 13.2. The maximum atomic E-state index is 4.72. The molecule has 0 saturated carbocycles. The van der Waals surface area contributed by atoms with E-state index in [1.165, 1.54) is 25.0 Å². The largest absolute Gasteiger partial charge is 0.314 e. The highest BCUT2D eigenvalue weighted by atomic mass is 15.3. The first-order valence-corrected chi connectivity index (χ1v) is 8.02. The smallest absolute Gasteiger partial charge is 0.0624 e. The van der Waals surface area contributed by atoms with Crippen molar-refractivity contribution in [1.29, 1.82) is 0 Å². The molecule has 19 heavy (non-hydrogen) atoms. The monoisotopic (exact) mass is 265 g/mol. The summed E-state index contributed by atoms with van der Waals surface area (Å²) in [7, 11) is 0. The summed E-state index contributed by atoms with van der Waals surface area (Å²) in [5, 5.41) is 8.25. The van der Waals surface area contributed by atoms with Crippen molar-refractivity contribution in [3.8, 4) is 0 Å². The molecule has 1 N–H and O–H groups in total. The summed E-state index contributed by atoms with van der Waals surface area (Å²) in [5.74, 6) is 0. The van der Waals surface area contributed by atoms with Crippen molar-refractivity contribution in [1.82, 2.24) is 15.1 Å². The number of aryl methyl sites for hydroxylation is 1. The topological polar surface area (TPSA) is 29.9 Å². The van der Waals surface area contributed by atoms with Crippen LogP contribution in [0.3, 0.4) is 0 Å². The van der Waals surface area contributed by atoms with Crippen LogP contribution in [0, 0.1) is 0 Å². The maximum Gasteiger partial charge on any atom is 0.0624 e. The van der Waals surface area contributed by atoms with Crippen molar-refractivity contribution < 1.29 is 0 Å². The number of rotatable bonds is 10. The average Bonchev–Trinajstić information content (AvgIpc) is 2.88. The first-order chi connectivity index (χ1) is 9.24. The van der Waals surface area contributed by atoms with Crippen molar-refractivity contribution >= 4 is 0 Å². The molecule has 0 aliphatic heterocycles. The average molecular weight is 265 g/mol. The third kappa shape index (κ3) is 5.35. The fourth-order valence-electron chi connectivity index (χ4n) is 2.65. The van der Waals surface area contributed by atoms with Crippen LogP contribution < -0.4 is 5.32 Å². The van der Waals surface area contributed by atoms with Gasteiger partial charge in [0.05, 0.1) is 11.7 Å². The Hall–Kier alpha value is -0.830. The quantitative estimate of drug-likeness (QED) is 0.694. The molecule has 0 radical (unpaired) electrons. The van der Waals surface area contributed by atoms with E-state index in [4.69, 9.17) is 5.10 Å². The Balaban J connectivity index is 2.37. The number of hydrogen-bond donors (Lipinski definition) is 1. The molecular weight excluding hydrogens is 234 g/mol. The van der Waals surface area contributed by atoms with E-state index in [0.29, 0.717) is 12.1 Å². The first kappa shape index (κ1) is 16.2. The van der Waals surface area contributed by atoms with Crippen molar-refractivity contribution in [3.05, 3.63) is 18.0 Å². The molecule has 1 aromatic heterocycles. The Labute approximate surface area is 118 Å². The van der Waals surface area contributed by atoms with Gasteiger partial charge >= 0.3 is 0 Å². The van der Waals surface area contributed by atoms with Crippen molar-refractivity contribution in [2.45, 2.75) is 78.3 Å². The second-order valence-corrected chi connectivity index (χ2v) is 5.31. The number of hydrogen-bond acceptors (Lipinski definition) is 2. The van der Waals surface area contributed by atoms with Crippen LogP contribution in [0.4, 0.5) is 0 Å². The molecule has 110 valence electrons. The van der Waals surface area contributed by atoms with E-state index in [9.17, 15) is 0 Å². The molecule has 1 unspecified atom stereocenters. The molecule has 0 fully saturated rings. The molecule has 1 aromatic rings. The van der Waals surface area contributed by atoms with Gasteiger partial charge in [0.15, 0.2) is 0 Å². The van der Waals surface area contributed by atoms with Gasteiger partial charge in [-0.2, -0.15) is 5.10 Å². The highest BCUT2D eigenvalue weighted by molar-refractivity contribution is 5.00. The third-order valence-corrected chi connectivity index (χ3v) is 3.95. The summed E-state index contributed by atoms with van der Waals surface area (Å²) in [6.07, 6.45) is 9.28. The summed E-state index contributed by atoms with van der Waals surface area (Å²) in [4.78, 5) is 0. The predicted molar refractivity (Wildman–Crippen MR) is 82.5 cm³/mol. The van der Waals surface area contributed by atoms with Crippen LogP contribution in [-0.4, -0.2) is 22.4 Å². The van der Waals surface area contributed by atoms with E-state index >= 15 is 0 Å². The molecule has 0 amide bonds. The van der Waals surface area contributed by atoms with Gasteiger partial charge in [-0.3, -0.25) is 4.68 Å². The minimum absolute atomic E-state index is 0.568. The molecule has 1 heterocycles. The molecule has 1 rings (SSSR count). The fourth-order valence-corrected chi connectivity index (χ4v) is 2.65. The first-order valence-electron chi connectivity index (χ1n) is 8.02. The lowest BCUT2D eigenvalue weighted by Crippen LogP contribution is -2.28. The van der Waals surface area contributed by atoms with Gasteiger partial charge in [0.2, 0.25) is 0 Å². The zero-order valence-electron chi connectivity index (χ0n) is 13.2. The molecule has 0 bridgehead atoms. The molecule has 1 atom stereocenters. The van der Waals surface area contributed by atoms with Crippen LogP contribution in [0.25, 0.3) is 0 Å². The minimum Gasteiger partial charge on any atom is -0.314 e. The van der Waals surface area contributed by atoms with Crippen LogP contribution in [-0.2, 0) is 6.42 Å². The fraction of sp³-hybridized carbons (Fsp3) is 0.812. The molecule has 0 saturated heterocycles. The second-order valence-electron chi connectivity index (χ2n) is 5.31. The Bertz CT molecular complexity index is 328. The lowest BCUT2D eigenvalue weighted by atomic mass is 10.1. The van der Waals surface area contributed by atoms with E-state index in [0.717, 1.165) is 25.8 Å². The van der Waals surface area contributed by atoms with Crippen LogP contribution in [0.2, 0.25) is 0 Å². The zero-order chi connectivity index (χ0) is 14.1. The van der Waals surface area contributed by atoms with Crippen LogP contribution in [0.5, 0.6) is 0 Å². The Morgan fingerprint density at radius 3 is 2.47 bits per heavy atom. The molecule has 0 spiro atoms. The van der Waals surface area contributed by atoms with Gasteiger partial charge in [0.25, 0.3) is 0 Å². The van der Waals surface area contributed by atoms with Gasteiger partial charge < -0.3 is 5.32 Å². The van der Waals surface area contributed by atoms with Gasteiger partial charge in [-0.1, -0.05) is 27.7 Å². The molecule has 0 aliphatic rings. The third-order valence-electron chi connectivity index (χ3n) is 3.95. The Morgan fingerprint density at radius 1 is 1.16 bits per heavy atom. The molecule has 0 aromatic carbocycles. The van der Waals surface area contributed by atoms with E-state index in [2.05, 4.69) is 50.0 Å². The summed E-state index contributed by atoms with van der Waals surface area (Å²) < 4.78 is 2.15. The van der Waals surface area contributed by atoms with E-state index in [1.54, 1.807) is 0 Å². The highest BCUT2D eigenvalue weighted by Gasteiger charge is 2.09. The van der Waals surface area contributed by atoms with Gasteiger partial charge in [-0.25, -0.2) is 0 Å². The number of nitrogens with one attached hydrogen (secondary N) is 1. The second kappa shape index (κ2) is 9.13. The van der Waals surface area contributed by atoms with Gasteiger partial charge in [0, 0.05) is 12.2 Å². The molecule has 3 heteroatoms. The standard InChI is InChI=1S/C16H31N3/c1-5-14(17-8-4)10-9-11-15-12-13-19(18-15)16(6-2)7-3/h12-14,16-17H,5-11H2,1-4H3. The van der Waals surface area contributed by atoms with E-state index < -0.39 is 0 Å². The Kier molecular flexibility index (Phi) is 7.80. The van der Waals surface area contributed by atoms with Crippen molar-refractivity contribution in [2.75, 3.05) is 6.54 Å². The lowest BCUT2D eigenvalue weighted by molar-refractivity contribution is 0.423. The lowest BCUT2D eigenvalue weighted by Gasteiger charge is -2.15. The van der Waals surface area contributed by atoms with Gasteiger partial charge in [-0.15, -0.1) is 0 Å². The van der Waals surface area contributed by atoms with E-state index in [1.807, 2.05) is 0 Å². The predicted octanol–water partition coefficient (Wildman–Crippen LogP) is 3.96. The van der Waals surface area contributed by atoms with Crippen LogP contribution in [0.1, 0.15) is 71.5 Å². The summed E-state index contributed by atoms with van der Waals surface area (Å²) in [6.45, 7) is 9.98. The summed E-state index contributed by atoms with van der Waals surface area (Å²) in [6, 6.07) is 3.43. The number of nitrogens with zero attached hydrogens (tertiary/aromatic N) is 2. The van der Waals surface area contributed by atoms with E-state index in [-0.39, 0.29) is 0 Å². The van der Waals surface area contributed by atoms with Crippen molar-refractivity contribution in [2.24, 2.45) is 0 Å². The summed E-state index contributed by atoms with van der Waals surface area (Å²) in [5.41, 5.74) is 1.25. The highest BCUT2D eigenvalue weighted by Crippen LogP contribution is 2.15. The maximum absolute atomic E-state index is 4.72. The SMILES string of the molecule is CCNC(CC)CCCc1ccn(C(CC)CC)n1. The Morgan fingerprint density at radius 2 is 1.89 bits per heavy atom. The number of aromatic nitrogens is 2. The summed E-state index contributed by atoms with van der Waals surface area (Å²) >= 11 is 0. The minimum atomic E-state index is 0.568. The van der Waals surface area contributed by atoms with Crippen LogP contribution >= 0.6 is 0 Å². The van der Waals surface area contributed by atoms with Crippen LogP contribution in [0.15, 0.2) is 12.3 Å². The normalized spacial score (nSPS) is 13.1.